The Morgan fingerprint density at radius 3 is 2.29 bits per heavy atom. The van der Waals surface area contributed by atoms with Crippen molar-refractivity contribution in [1.82, 2.24) is 0 Å². The van der Waals surface area contributed by atoms with Crippen molar-refractivity contribution in [3.8, 4) is 0 Å². The van der Waals surface area contributed by atoms with Crippen LogP contribution in [0.15, 0.2) is 12.1 Å². The third kappa shape index (κ3) is 2.03. The standard InChI is InChI=1S/C4H5BO2/c1-3(5)4(6)7-2/h1H2,2H3. The minimum Gasteiger partial charge on any atom is -0.466 e. The average molecular weight is 95.9 g/mol. The molecule has 0 heterocycles. The summed E-state index contributed by atoms with van der Waals surface area (Å²) in [5.41, 5.74) is -0.0671. The van der Waals surface area contributed by atoms with Crippen LogP contribution in [0.4, 0.5) is 0 Å². The smallest absolute Gasteiger partial charge is 0.322 e. The number of carbonyl (C=O) groups is 1. The third-order valence-electron chi connectivity index (χ3n) is 0.448. The van der Waals surface area contributed by atoms with E-state index in [1.54, 1.807) is 0 Å². The van der Waals surface area contributed by atoms with E-state index in [4.69, 9.17) is 7.85 Å². The van der Waals surface area contributed by atoms with Crippen LogP contribution in [0.1, 0.15) is 0 Å². The van der Waals surface area contributed by atoms with Gasteiger partial charge in [-0.25, -0.2) is 4.79 Å². The highest BCUT2D eigenvalue weighted by Gasteiger charge is 1.94. The lowest BCUT2D eigenvalue weighted by Gasteiger charge is -1.92. The summed E-state index contributed by atoms with van der Waals surface area (Å²) in [4.78, 5) is 10.1. The first-order valence-corrected chi connectivity index (χ1v) is 1.71. The van der Waals surface area contributed by atoms with Crippen LogP contribution in [0.25, 0.3) is 0 Å². The van der Waals surface area contributed by atoms with E-state index in [9.17, 15) is 4.79 Å². The summed E-state index contributed by atoms with van der Waals surface area (Å²) in [5, 5.41) is 0. The molecule has 0 bridgehead atoms. The SMILES string of the molecule is [B]C(=C)C(=O)OC. The van der Waals surface area contributed by atoms with Gasteiger partial charge in [-0.1, -0.05) is 6.58 Å². The Kier molecular flexibility index (Phi) is 2.19. The lowest BCUT2D eigenvalue weighted by Crippen LogP contribution is -2.01. The largest absolute Gasteiger partial charge is 0.466 e. The summed E-state index contributed by atoms with van der Waals surface area (Å²) < 4.78 is 4.15. The molecule has 0 saturated heterocycles. The van der Waals surface area contributed by atoms with Crippen LogP contribution in [0, 0.1) is 0 Å². The number of esters is 1. The van der Waals surface area contributed by atoms with Crippen LogP contribution in [0.2, 0.25) is 0 Å². The quantitative estimate of drug-likeness (QED) is 0.257. The zero-order valence-electron chi connectivity index (χ0n) is 4.10. The summed E-state index contributed by atoms with van der Waals surface area (Å²) in [6.45, 7) is 3.13. The number of hydrogen-bond donors (Lipinski definition) is 0. The lowest BCUT2D eigenvalue weighted by atomic mass is 9.99. The van der Waals surface area contributed by atoms with E-state index in [0.29, 0.717) is 0 Å². The molecule has 0 atom stereocenters. The van der Waals surface area contributed by atoms with Gasteiger partial charge >= 0.3 is 5.97 Å². The van der Waals surface area contributed by atoms with E-state index in [1.807, 2.05) is 0 Å². The van der Waals surface area contributed by atoms with Crippen molar-refractivity contribution in [2.75, 3.05) is 7.11 Å². The first kappa shape index (κ1) is 6.27. The van der Waals surface area contributed by atoms with Gasteiger partial charge in [-0.2, -0.15) is 0 Å². The Labute approximate surface area is 43.6 Å². The van der Waals surface area contributed by atoms with Crippen molar-refractivity contribution in [3.05, 3.63) is 12.1 Å². The van der Waals surface area contributed by atoms with E-state index in [0.717, 1.165) is 0 Å². The number of hydrogen-bond acceptors (Lipinski definition) is 2. The van der Waals surface area contributed by atoms with Crippen molar-refractivity contribution in [2.24, 2.45) is 0 Å². The van der Waals surface area contributed by atoms with Crippen molar-refractivity contribution in [1.29, 1.82) is 0 Å². The fourth-order valence-electron chi connectivity index (χ4n) is 0.131. The van der Waals surface area contributed by atoms with E-state index in [2.05, 4.69) is 11.3 Å². The molecule has 7 heavy (non-hydrogen) atoms. The Morgan fingerprint density at radius 1 is 1.86 bits per heavy atom. The summed E-state index contributed by atoms with van der Waals surface area (Å²) in [7, 11) is 6.13. The number of methoxy groups -OCH3 is 1. The Morgan fingerprint density at radius 2 is 2.29 bits per heavy atom. The van der Waals surface area contributed by atoms with Gasteiger partial charge < -0.3 is 4.74 Å². The molecule has 0 aromatic carbocycles. The molecule has 0 amide bonds. The van der Waals surface area contributed by atoms with Crippen molar-refractivity contribution in [2.45, 2.75) is 0 Å². The van der Waals surface area contributed by atoms with Crippen molar-refractivity contribution in [3.63, 3.8) is 0 Å². The second-order valence-electron chi connectivity index (χ2n) is 1.02. The maximum atomic E-state index is 10.1. The van der Waals surface area contributed by atoms with Gasteiger partial charge in [-0.15, -0.1) is 0 Å². The molecule has 0 spiro atoms. The molecule has 0 N–H and O–H groups in total. The predicted octanol–water partition coefficient (Wildman–Crippen LogP) is -0.158. The Bertz CT molecular complexity index is 97.9. The van der Waals surface area contributed by atoms with Crippen molar-refractivity contribution >= 4 is 13.8 Å². The van der Waals surface area contributed by atoms with Crippen LogP contribution < -0.4 is 0 Å². The minimum absolute atomic E-state index is 0.0671. The second kappa shape index (κ2) is 2.45. The first-order valence-electron chi connectivity index (χ1n) is 1.71. The van der Waals surface area contributed by atoms with E-state index in [-0.39, 0.29) is 5.47 Å². The molecule has 36 valence electrons. The minimum atomic E-state index is -0.569. The third-order valence-corrected chi connectivity index (χ3v) is 0.448. The highest BCUT2D eigenvalue weighted by atomic mass is 16.5. The molecule has 0 aliphatic carbocycles. The maximum Gasteiger partial charge on any atom is 0.322 e. The van der Waals surface area contributed by atoms with Crippen LogP contribution in [-0.4, -0.2) is 20.9 Å². The molecule has 0 aromatic heterocycles. The highest BCUT2D eigenvalue weighted by molar-refractivity contribution is 6.34. The summed E-state index contributed by atoms with van der Waals surface area (Å²) in [6.07, 6.45) is 0. The van der Waals surface area contributed by atoms with Crippen LogP contribution in [0.3, 0.4) is 0 Å². The maximum absolute atomic E-state index is 10.1. The summed E-state index contributed by atoms with van der Waals surface area (Å²) >= 11 is 0. The molecule has 0 unspecified atom stereocenters. The lowest BCUT2D eigenvalue weighted by molar-refractivity contribution is -0.135. The molecule has 0 saturated carbocycles. The number of rotatable bonds is 1. The molecule has 0 aliphatic heterocycles. The van der Waals surface area contributed by atoms with Gasteiger partial charge in [0.25, 0.3) is 0 Å². The number of ether oxygens (including phenoxy) is 1. The molecular formula is C4H5BO2. The van der Waals surface area contributed by atoms with Crippen LogP contribution >= 0.6 is 0 Å². The van der Waals surface area contributed by atoms with E-state index < -0.39 is 5.97 Å². The molecular weight excluding hydrogens is 90.9 g/mol. The fourth-order valence-corrected chi connectivity index (χ4v) is 0.131. The molecule has 0 fully saturated rings. The zero-order chi connectivity index (χ0) is 5.86. The number of carbonyl (C=O) groups excluding carboxylic acids is 1. The average Bonchev–Trinajstić information content (AvgIpc) is 1.65. The van der Waals surface area contributed by atoms with E-state index >= 15 is 0 Å². The highest BCUT2D eigenvalue weighted by Crippen LogP contribution is 1.81. The van der Waals surface area contributed by atoms with Gasteiger partial charge in [0.05, 0.1) is 7.11 Å². The van der Waals surface area contributed by atoms with Crippen LogP contribution in [0.5, 0.6) is 0 Å². The summed E-state index contributed by atoms with van der Waals surface area (Å²) in [6, 6.07) is 0. The monoisotopic (exact) mass is 96.0 g/mol. The van der Waals surface area contributed by atoms with E-state index in [1.165, 1.54) is 7.11 Å². The first-order chi connectivity index (χ1) is 3.18. The van der Waals surface area contributed by atoms with Gasteiger partial charge in [-0.3, -0.25) is 0 Å². The van der Waals surface area contributed by atoms with Gasteiger partial charge in [0.1, 0.15) is 7.85 Å². The molecule has 0 aromatic rings. The second-order valence-corrected chi connectivity index (χ2v) is 1.02. The molecule has 2 radical (unpaired) electrons. The van der Waals surface area contributed by atoms with Gasteiger partial charge in [0.15, 0.2) is 0 Å². The molecule has 2 nitrogen and oxygen atoms in total. The van der Waals surface area contributed by atoms with Gasteiger partial charge in [-0.05, 0) is 5.47 Å². The van der Waals surface area contributed by atoms with Crippen molar-refractivity contribution < 1.29 is 9.53 Å². The topological polar surface area (TPSA) is 26.3 Å². The fraction of sp³-hybridized carbons (Fsp3) is 0.250. The zero-order valence-corrected chi connectivity index (χ0v) is 4.10. The van der Waals surface area contributed by atoms with Gasteiger partial charge in [0.2, 0.25) is 0 Å². The molecule has 3 heteroatoms. The van der Waals surface area contributed by atoms with Gasteiger partial charge in [0, 0.05) is 0 Å². The summed E-state index contributed by atoms with van der Waals surface area (Å²) in [5.74, 6) is -0.569. The Hall–Kier alpha value is -0.725. The van der Waals surface area contributed by atoms with Crippen LogP contribution in [-0.2, 0) is 9.53 Å². The molecule has 0 rings (SSSR count). The molecule has 0 aliphatic rings. The Balaban J connectivity index is 3.58. The normalized spacial score (nSPS) is 7.57. The predicted molar refractivity (Wildman–Crippen MR) is 26.9 cm³/mol.